The Morgan fingerprint density at radius 2 is 2.05 bits per heavy atom. The monoisotopic (exact) mass is 287 g/mol. The lowest BCUT2D eigenvalue weighted by molar-refractivity contribution is 0.303. The van der Waals surface area contributed by atoms with Crippen LogP contribution in [-0.4, -0.2) is 29.4 Å². The normalized spacial score (nSPS) is 14.3. The fourth-order valence-electron chi connectivity index (χ4n) is 2.12. The summed E-state index contributed by atoms with van der Waals surface area (Å²) in [5.41, 5.74) is 1.19. The molecule has 1 saturated carbocycles. The fraction of sp³-hybridized carbons (Fsp3) is 0.500. The highest BCUT2D eigenvalue weighted by atomic mass is 16.5. The van der Waals surface area contributed by atoms with E-state index >= 15 is 0 Å². The van der Waals surface area contributed by atoms with E-state index < -0.39 is 0 Å². The molecule has 0 atom stereocenters. The number of nitrogens with zero attached hydrogens (tertiary/aromatic N) is 2. The number of aryl methyl sites for hydroxylation is 1. The molecule has 0 unspecified atom stereocenters. The van der Waals surface area contributed by atoms with Crippen LogP contribution in [0.1, 0.15) is 30.2 Å². The van der Waals surface area contributed by atoms with Crippen LogP contribution in [0.3, 0.4) is 0 Å². The molecule has 1 aliphatic carbocycles. The second kappa shape index (κ2) is 6.72. The van der Waals surface area contributed by atoms with Crippen LogP contribution in [0, 0.1) is 6.92 Å². The molecule has 0 radical (unpaired) electrons. The van der Waals surface area contributed by atoms with Gasteiger partial charge >= 0.3 is 0 Å². The summed E-state index contributed by atoms with van der Waals surface area (Å²) in [4.78, 5) is 0. The lowest BCUT2D eigenvalue weighted by atomic mass is 10.2. The van der Waals surface area contributed by atoms with Gasteiger partial charge in [-0.3, -0.25) is 0 Å². The van der Waals surface area contributed by atoms with Crippen molar-refractivity contribution in [1.29, 1.82) is 0 Å². The molecule has 3 rings (SSSR count). The predicted molar refractivity (Wildman–Crippen MR) is 79.4 cm³/mol. The molecule has 0 spiro atoms. The summed E-state index contributed by atoms with van der Waals surface area (Å²) in [6, 6.07) is 8.73. The van der Waals surface area contributed by atoms with Crippen molar-refractivity contribution in [3.8, 4) is 5.75 Å². The molecule has 0 amide bonds. The molecule has 1 aromatic carbocycles. The highest BCUT2D eigenvalue weighted by molar-refractivity contribution is 5.27. The fourth-order valence-corrected chi connectivity index (χ4v) is 2.12. The zero-order chi connectivity index (χ0) is 14.5. The first-order chi connectivity index (χ1) is 10.3. The second-order valence-corrected chi connectivity index (χ2v) is 5.48. The molecule has 1 fully saturated rings. The molecule has 1 N–H and O–H groups in total. The minimum Gasteiger partial charge on any atom is -0.493 e. The van der Waals surface area contributed by atoms with Gasteiger partial charge in [-0.1, -0.05) is 12.1 Å². The Morgan fingerprint density at radius 1 is 1.24 bits per heavy atom. The summed E-state index contributed by atoms with van der Waals surface area (Å²) < 4.78 is 11.3. The highest BCUT2D eigenvalue weighted by Crippen LogP contribution is 2.18. The number of aromatic nitrogens is 2. The van der Waals surface area contributed by atoms with E-state index in [9.17, 15) is 0 Å². The van der Waals surface area contributed by atoms with Crippen molar-refractivity contribution in [2.45, 2.75) is 38.6 Å². The number of benzene rings is 1. The van der Waals surface area contributed by atoms with Gasteiger partial charge in [-0.2, -0.15) is 0 Å². The smallest absolute Gasteiger partial charge is 0.219 e. The molecular weight excluding hydrogens is 266 g/mol. The van der Waals surface area contributed by atoms with Crippen molar-refractivity contribution in [1.82, 2.24) is 15.5 Å². The summed E-state index contributed by atoms with van der Waals surface area (Å²) in [5.74, 6) is 2.22. The van der Waals surface area contributed by atoms with Gasteiger partial charge in [0.1, 0.15) is 5.75 Å². The van der Waals surface area contributed by atoms with Gasteiger partial charge in [-0.05, 0) is 37.5 Å². The molecule has 1 aromatic heterocycles. The summed E-state index contributed by atoms with van der Waals surface area (Å²) in [7, 11) is 0. The van der Waals surface area contributed by atoms with E-state index in [0.29, 0.717) is 24.8 Å². The van der Waals surface area contributed by atoms with Gasteiger partial charge in [0, 0.05) is 19.0 Å². The Balaban J connectivity index is 1.39. The molecule has 0 aliphatic heterocycles. The average Bonchev–Trinajstić information content (AvgIpc) is 3.18. The third-order valence-electron chi connectivity index (χ3n) is 3.43. The minimum absolute atomic E-state index is 0.547. The Labute approximate surface area is 124 Å². The number of hydrogen-bond donors (Lipinski definition) is 1. The molecule has 112 valence electrons. The zero-order valence-electron chi connectivity index (χ0n) is 12.3. The molecule has 0 bridgehead atoms. The Hall–Kier alpha value is -1.88. The Kier molecular flexibility index (Phi) is 4.50. The molecule has 1 heterocycles. The summed E-state index contributed by atoms with van der Waals surface area (Å²) in [5, 5.41) is 11.5. The van der Waals surface area contributed by atoms with Crippen molar-refractivity contribution >= 4 is 0 Å². The topological polar surface area (TPSA) is 60.2 Å². The first-order valence-corrected chi connectivity index (χ1v) is 7.54. The number of hydrogen-bond acceptors (Lipinski definition) is 5. The van der Waals surface area contributed by atoms with Crippen LogP contribution in [0.25, 0.3) is 0 Å². The van der Waals surface area contributed by atoms with Crippen LogP contribution < -0.4 is 10.1 Å². The quantitative estimate of drug-likeness (QED) is 0.807. The second-order valence-electron chi connectivity index (χ2n) is 5.48. The van der Waals surface area contributed by atoms with Gasteiger partial charge in [-0.15, -0.1) is 10.2 Å². The number of ether oxygens (including phenoxy) is 1. The lowest BCUT2D eigenvalue weighted by Crippen LogP contribution is -2.19. The van der Waals surface area contributed by atoms with E-state index in [1.54, 1.807) is 0 Å². The number of rotatable bonds is 8. The van der Waals surface area contributed by atoms with E-state index in [4.69, 9.17) is 9.15 Å². The maximum absolute atomic E-state index is 5.68. The lowest BCUT2D eigenvalue weighted by Gasteiger charge is -2.04. The van der Waals surface area contributed by atoms with Crippen LogP contribution in [0.15, 0.2) is 28.7 Å². The van der Waals surface area contributed by atoms with Gasteiger partial charge in [0.05, 0.1) is 13.0 Å². The van der Waals surface area contributed by atoms with Gasteiger partial charge < -0.3 is 14.5 Å². The van der Waals surface area contributed by atoms with E-state index in [-0.39, 0.29) is 0 Å². The van der Waals surface area contributed by atoms with Crippen molar-refractivity contribution in [3.05, 3.63) is 41.6 Å². The van der Waals surface area contributed by atoms with E-state index in [1.807, 2.05) is 31.2 Å². The van der Waals surface area contributed by atoms with Crippen LogP contribution in [-0.2, 0) is 12.8 Å². The van der Waals surface area contributed by atoms with Crippen molar-refractivity contribution < 1.29 is 9.15 Å². The first-order valence-electron chi connectivity index (χ1n) is 7.54. The molecular formula is C16H21N3O2. The van der Waals surface area contributed by atoms with E-state index in [2.05, 4.69) is 15.5 Å². The average molecular weight is 287 g/mol. The third kappa shape index (κ3) is 4.56. The Morgan fingerprint density at radius 3 is 2.81 bits per heavy atom. The SMILES string of the molecule is Cc1cccc(OCCc2nnc(CCNC3CC3)o2)c1. The predicted octanol–water partition coefficient (Wildman–Crippen LogP) is 2.29. The van der Waals surface area contributed by atoms with E-state index in [1.165, 1.54) is 18.4 Å². The molecule has 2 aromatic rings. The van der Waals surface area contributed by atoms with Crippen molar-refractivity contribution in [2.24, 2.45) is 0 Å². The van der Waals surface area contributed by atoms with Crippen LogP contribution in [0.2, 0.25) is 0 Å². The van der Waals surface area contributed by atoms with Gasteiger partial charge in [-0.25, -0.2) is 0 Å². The third-order valence-corrected chi connectivity index (χ3v) is 3.43. The zero-order valence-corrected chi connectivity index (χ0v) is 12.3. The number of nitrogens with one attached hydrogen (secondary N) is 1. The van der Waals surface area contributed by atoms with Crippen molar-refractivity contribution in [2.75, 3.05) is 13.2 Å². The van der Waals surface area contributed by atoms with Crippen LogP contribution >= 0.6 is 0 Å². The first kappa shape index (κ1) is 14.1. The van der Waals surface area contributed by atoms with Gasteiger partial charge in [0.25, 0.3) is 0 Å². The summed E-state index contributed by atoms with van der Waals surface area (Å²) >= 11 is 0. The molecule has 1 aliphatic rings. The summed E-state index contributed by atoms with van der Waals surface area (Å²) in [6.07, 6.45) is 4.02. The maximum Gasteiger partial charge on any atom is 0.219 e. The van der Waals surface area contributed by atoms with Crippen molar-refractivity contribution in [3.63, 3.8) is 0 Å². The standard InChI is InChI=1S/C16H21N3O2/c1-12-3-2-4-14(11-12)20-10-8-16-19-18-15(21-16)7-9-17-13-5-6-13/h2-4,11,13,17H,5-10H2,1H3. The van der Waals surface area contributed by atoms with Gasteiger partial charge in [0.15, 0.2) is 0 Å². The van der Waals surface area contributed by atoms with Crippen LogP contribution in [0.5, 0.6) is 5.75 Å². The molecule has 5 nitrogen and oxygen atoms in total. The Bertz CT molecular complexity index is 578. The summed E-state index contributed by atoms with van der Waals surface area (Å²) in [6.45, 7) is 3.50. The molecule has 0 saturated heterocycles. The van der Waals surface area contributed by atoms with Crippen LogP contribution in [0.4, 0.5) is 0 Å². The maximum atomic E-state index is 5.68. The largest absolute Gasteiger partial charge is 0.493 e. The van der Waals surface area contributed by atoms with E-state index in [0.717, 1.165) is 24.8 Å². The minimum atomic E-state index is 0.547. The molecule has 21 heavy (non-hydrogen) atoms. The highest BCUT2D eigenvalue weighted by Gasteiger charge is 2.20. The molecule has 5 heteroatoms. The van der Waals surface area contributed by atoms with Gasteiger partial charge in [0.2, 0.25) is 11.8 Å².